The van der Waals surface area contributed by atoms with E-state index in [1.54, 1.807) is 19.9 Å². The smallest absolute Gasteiger partial charge is 0.261 e. The molecule has 114 valence electrons. The maximum atomic E-state index is 14.1. The van der Waals surface area contributed by atoms with Crippen molar-refractivity contribution in [1.82, 2.24) is 5.16 Å². The Bertz CT molecular complexity index is 763. The van der Waals surface area contributed by atoms with Gasteiger partial charge in [0.1, 0.15) is 17.1 Å². The van der Waals surface area contributed by atoms with E-state index < -0.39 is 11.7 Å². The summed E-state index contributed by atoms with van der Waals surface area (Å²) in [5.41, 5.74) is 2.05. The molecule has 0 spiro atoms. The number of hydrogen-bond acceptors (Lipinski definition) is 4. The fourth-order valence-electron chi connectivity index (χ4n) is 2.49. The molecule has 2 aromatic rings. The summed E-state index contributed by atoms with van der Waals surface area (Å²) in [7, 11) is 0. The number of aryl methyl sites for hydroxylation is 3. The number of halogens is 1. The third kappa shape index (κ3) is 2.45. The van der Waals surface area contributed by atoms with Gasteiger partial charge in [0.25, 0.3) is 5.91 Å². The third-order valence-electron chi connectivity index (χ3n) is 3.60. The largest absolute Gasteiger partial charge is 0.361 e. The first-order valence-corrected chi connectivity index (χ1v) is 6.82. The molecule has 6 nitrogen and oxygen atoms in total. The van der Waals surface area contributed by atoms with Crippen LogP contribution in [-0.2, 0) is 11.2 Å². The molecule has 2 amide bonds. The van der Waals surface area contributed by atoms with E-state index in [0.717, 1.165) is 5.56 Å². The van der Waals surface area contributed by atoms with E-state index in [-0.39, 0.29) is 11.6 Å². The maximum Gasteiger partial charge on any atom is 0.261 e. The number of fused-ring (bicyclic) bond motifs is 1. The molecule has 0 fully saturated rings. The molecule has 1 aliphatic rings. The first-order chi connectivity index (χ1) is 10.5. The highest BCUT2D eigenvalue weighted by Crippen LogP contribution is 2.29. The van der Waals surface area contributed by atoms with Gasteiger partial charge in [0.05, 0.1) is 11.4 Å². The normalized spacial score (nSPS) is 13.5. The minimum atomic E-state index is -0.610. The molecule has 7 heteroatoms. The minimum absolute atomic E-state index is 0.0694. The van der Waals surface area contributed by atoms with Crippen LogP contribution >= 0.6 is 0 Å². The molecule has 0 saturated carbocycles. The van der Waals surface area contributed by atoms with Crippen LogP contribution in [0.5, 0.6) is 0 Å². The molecule has 1 aromatic heterocycles. The van der Waals surface area contributed by atoms with E-state index in [0.29, 0.717) is 35.5 Å². The molecule has 1 aromatic carbocycles. The zero-order chi connectivity index (χ0) is 15.9. The number of hydrogen-bond donors (Lipinski definition) is 2. The molecule has 22 heavy (non-hydrogen) atoms. The van der Waals surface area contributed by atoms with Crippen LogP contribution in [0.15, 0.2) is 16.7 Å². The summed E-state index contributed by atoms with van der Waals surface area (Å²) < 4.78 is 19.0. The first kappa shape index (κ1) is 14.2. The third-order valence-corrected chi connectivity index (χ3v) is 3.60. The SMILES string of the molecule is Cc1noc(C)c1C(=O)Nc1cc2c(cc1F)NC(=O)CC2. The van der Waals surface area contributed by atoms with Crippen LogP contribution in [0.1, 0.15) is 33.8 Å². The second kappa shape index (κ2) is 5.25. The number of rotatable bonds is 2. The molecule has 0 atom stereocenters. The van der Waals surface area contributed by atoms with Gasteiger partial charge >= 0.3 is 0 Å². The summed E-state index contributed by atoms with van der Waals surface area (Å²) in [6, 6.07) is 2.76. The van der Waals surface area contributed by atoms with Crippen LogP contribution in [0.2, 0.25) is 0 Å². The predicted molar refractivity (Wildman–Crippen MR) is 77.3 cm³/mol. The Balaban J connectivity index is 1.90. The fraction of sp³-hybridized carbons (Fsp3) is 0.267. The molecule has 3 rings (SSSR count). The number of amides is 2. The maximum absolute atomic E-state index is 14.1. The molecule has 0 unspecified atom stereocenters. The molecule has 2 N–H and O–H groups in total. The van der Waals surface area contributed by atoms with Crippen molar-refractivity contribution >= 4 is 23.2 Å². The Labute approximate surface area is 125 Å². The van der Waals surface area contributed by atoms with Crippen LogP contribution in [0.4, 0.5) is 15.8 Å². The summed E-state index contributed by atoms with van der Waals surface area (Å²) in [4.78, 5) is 23.6. The Morgan fingerprint density at radius 1 is 1.36 bits per heavy atom. The number of nitrogens with zero attached hydrogens (tertiary/aromatic N) is 1. The lowest BCUT2D eigenvalue weighted by molar-refractivity contribution is -0.116. The van der Waals surface area contributed by atoms with Gasteiger partial charge in [-0.05, 0) is 38.0 Å². The van der Waals surface area contributed by atoms with Gasteiger partial charge in [-0.3, -0.25) is 9.59 Å². The number of carbonyl (C=O) groups excluding carboxylic acids is 2. The molecular formula is C15H14FN3O3. The monoisotopic (exact) mass is 303 g/mol. The van der Waals surface area contributed by atoms with Crippen molar-refractivity contribution in [2.24, 2.45) is 0 Å². The van der Waals surface area contributed by atoms with E-state index in [1.807, 2.05) is 0 Å². The topological polar surface area (TPSA) is 84.2 Å². The molecule has 1 aliphatic heterocycles. The van der Waals surface area contributed by atoms with Gasteiger partial charge in [0.2, 0.25) is 5.91 Å². The average molecular weight is 303 g/mol. The van der Waals surface area contributed by atoms with Crippen LogP contribution in [-0.4, -0.2) is 17.0 Å². The second-order valence-electron chi connectivity index (χ2n) is 5.19. The lowest BCUT2D eigenvalue weighted by Crippen LogP contribution is -2.20. The standard InChI is InChI=1S/C15H14FN3O3/c1-7-14(8(2)22-19-7)15(21)18-12-5-9-3-4-13(20)17-11(9)6-10(12)16/h5-6H,3-4H2,1-2H3,(H,17,20)(H,18,21). The highest BCUT2D eigenvalue weighted by atomic mass is 19.1. The molecular weight excluding hydrogens is 289 g/mol. The number of nitrogens with one attached hydrogen (secondary N) is 2. The van der Waals surface area contributed by atoms with Crippen molar-refractivity contribution in [3.05, 3.63) is 40.5 Å². The summed E-state index contributed by atoms with van der Waals surface area (Å²) in [6.45, 7) is 3.26. The van der Waals surface area contributed by atoms with Crippen molar-refractivity contribution in [1.29, 1.82) is 0 Å². The highest BCUT2D eigenvalue weighted by molar-refractivity contribution is 6.06. The van der Waals surface area contributed by atoms with Crippen molar-refractivity contribution in [3.63, 3.8) is 0 Å². The molecule has 0 saturated heterocycles. The van der Waals surface area contributed by atoms with Crippen LogP contribution in [0, 0.1) is 19.7 Å². The lowest BCUT2D eigenvalue weighted by Gasteiger charge is -2.18. The van der Waals surface area contributed by atoms with Crippen molar-refractivity contribution in [3.8, 4) is 0 Å². The Hall–Kier alpha value is -2.70. The zero-order valence-corrected chi connectivity index (χ0v) is 12.1. The number of carbonyl (C=O) groups is 2. The van der Waals surface area contributed by atoms with Gasteiger partial charge in [-0.1, -0.05) is 5.16 Å². The summed E-state index contributed by atoms with van der Waals surface area (Å²) in [6.07, 6.45) is 0.853. The van der Waals surface area contributed by atoms with Gasteiger partial charge in [-0.2, -0.15) is 0 Å². The average Bonchev–Trinajstić information content (AvgIpc) is 2.79. The van der Waals surface area contributed by atoms with Gasteiger partial charge in [0.15, 0.2) is 0 Å². The Morgan fingerprint density at radius 3 is 2.82 bits per heavy atom. The quantitative estimate of drug-likeness (QED) is 0.893. The molecule has 2 heterocycles. The van der Waals surface area contributed by atoms with Crippen LogP contribution < -0.4 is 10.6 Å². The van der Waals surface area contributed by atoms with Crippen LogP contribution in [0.3, 0.4) is 0 Å². The van der Waals surface area contributed by atoms with Gasteiger partial charge in [-0.25, -0.2) is 4.39 Å². The second-order valence-corrected chi connectivity index (χ2v) is 5.19. The highest BCUT2D eigenvalue weighted by Gasteiger charge is 2.21. The molecule has 0 radical (unpaired) electrons. The minimum Gasteiger partial charge on any atom is -0.361 e. The number of anilines is 2. The number of benzene rings is 1. The van der Waals surface area contributed by atoms with Crippen molar-refractivity contribution in [2.75, 3.05) is 10.6 Å². The van der Waals surface area contributed by atoms with E-state index in [9.17, 15) is 14.0 Å². The van der Waals surface area contributed by atoms with Crippen LogP contribution in [0.25, 0.3) is 0 Å². The van der Waals surface area contributed by atoms with Crippen molar-refractivity contribution in [2.45, 2.75) is 26.7 Å². The summed E-state index contributed by atoms with van der Waals surface area (Å²) in [5.74, 6) is -0.851. The number of aromatic nitrogens is 1. The molecule has 0 bridgehead atoms. The van der Waals surface area contributed by atoms with E-state index in [2.05, 4.69) is 15.8 Å². The van der Waals surface area contributed by atoms with Gasteiger partial charge in [-0.15, -0.1) is 0 Å². The first-order valence-electron chi connectivity index (χ1n) is 6.82. The predicted octanol–water partition coefficient (Wildman–Crippen LogP) is 2.57. The van der Waals surface area contributed by atoms with E-state index in [1.165, 1.54) is 6.07 Å². The van der Waals surface area contributed by atoms with E-state index >= 15 is 0 Å². The van der Waals surface area contributed by atoms with Gasteiger partial charge in [0, 0.05) is 12.1 Å². The fourth-order valence-corrected chi connectivity index (χ4v) is 2.49. The Morgan fingerprint density at radius 2 is 2.14 bits per heavy atom. The van der Waals surface area contributed by atoms with E-state index in [4.69, 9.17) is 4.52 Å². The zero-order valence-electron chi connectivity index (χ0n) is 12.1. The summed E-state index contributed by atoms with van der Waals surface area (Å²) in [5, 5.41) is 8.84. The van der Waals surface area contributed by atoms with Crippen molar-refractivity contribution < 1.29 is 18.5 Å². The van der Waals surface area contributed by atoms with Gasteiger partial charge < -0.3 is 15.2 Å². The summed E-state index contributed by atoms with van der Waals surface area (Å²) >= 11 is 0. The lowest BCUT2D eigenvalue weighted by atomic mass is 10.0. The Kier molecular flexibility index (Phi) is 3.40. The molecule has 0 aliphatic carbocycles.